The van der Waals surface area contributed by atoms with Crippen molar-refractivity contribution >= 4 is 28.7 Å². The number of amides is 1. The van der Waals surface area contributed by atoms with Crippen LogP contribution in [0.3, 0.4) is 0 Å². The third kappa shape index (κ3) is 1.87. The van der Waals surface area contributed by atoms with Crippen molar-refractivity contribution in [1.82, 2.24) is 0 Å². The van der Waals surface area contributed by atoms with Crippen molar-refractivity contribution in [2.75, 3.05) is 5.32 Å². The smallest absolute Gasteiger partial charge is 0.261 e. The number of benzene rings is 1. The van der Waals surface area contributed by atoms with E-state index in [2.05, 4.69) is 5.32 Å². The summed E-state index contributed by atoms with van der Waals surface area (Å²) < 4.78 is 0. The van der Waals surface area contributed by atoms with Crippen LogP contribution in [0.25, 0.3) is 0 Å². The molecule has 0 unspecified atom stereocenters. The summed E-state index contributed by atoms with van der Waals surface area (Å²) in [5.74, 6) is -0.775. The number of nitrogens with one attached hydrogen (secondary N) is 1. The predicted molar refractivity (Wildman–Crippen MR) is 72.2 cm³/mol. The Morgan fingerprint density at radius 1 is 1.26 bits per heavy atom. The molecule has 2 aromatic rings. The average molecular weight is 273 g/mol. The fourth-order valence-electron chi connectivity index (χ4n) is 2.23. The molecule has 1 aliphatic heterocycles. The Morgan fingerprint density at radius 2 is 2.05 bits per heavy atom. The maximum absolute atomic E-state index is 12.1. The second-order valence-corrected chi connectivity index (χ2v) is 5.38. The van der Waals surface area contributed by atoms with E-state index in [0.717, 1.165) is 0 Å². The molecule has 1 amide bonds. The van der Waals surface area contributed by atoms with Gasteiger partial charge in [-0.05, 0) is 17.5 Å². The number of hydrogen-bond donors (Lipinski definition) is 2. The fraction of sp³-hybridized carbons (Fsp3) is 0.143. The number of ketones is 1. The Labute approximate surface area is 113 Å². The first kappa shape index (κ1) is 12.1. The highest BCUT2D eigenvalue weighted by Gasteiger charge is 2.46. The summed E-state index contributed by atoms with van der Waals surface area (Å²) >= 11 is 1.30. The number of rotatable bonds is 3. The molecular weight excluding hydrogens is 262 g/mol. The standard InChI is InChI=1S/C14H11NO3S/c16-11(12-6-3-7-19-12)8-14(18)9-4-1-2-5-10(9)15-13(14)17/h1-7,18H,8H2,(H,15,17)/t14-/m1/s1. The molecule has 5 heteroatoms. The first-order chi connectivity index (χ1) is 9.11. The van der Waals surface area contributed by atoms with Gasteiger partial charge in [-0.15, -0.1) is 11.3 Å². The number of para-hydroxylation sites is 1. The quantitative estimate of drug-likeness (QED) is 0.842. The van der Waals surface area contributed by atoms with Gasteiger partial charge in [-0.3, -0.25) is 9.59 Å². The molecule has 1 aromatic carbocycles. The number of carbonyl (C=O) groups is 2. The van der Waals surface area contributed by atoms with E-state index < -0.39 is 11.5 Å². The Morgan fingerprint density at radius 3 is 2.79 bits per heavy atom. The third-order valence-corrected chi connectivity index (χ3v) is 4.12. The van der Waals surface area contributed by atoms with E-state index in [1.807, 2.05) is 0 Å². The van der Waals surface area contributed by atoms with Gasteiger partial charge in [0.2, 0.25) is 0 Å². The lowest BCUT2D eigenvalue weighted by molar-refractivity contribution is -0.133. The van der Waals surface area contributed by atoms with Crippen LogP contribution in [0, 0.1) is 0 Å². The summed E-state index contributed by atoms with van der Waals surface area (Å²) in [7, 11) is 0. The number of Topliss-reactive ketones (excluding diaryl/α,β-unsaturated/α-hetero) is 1. The summed E-state index contributed by atoms with van der Waals surface area (Å²) in [5, 5.41) is 14.9. The van der Waals surface area contributed by atoms with Crippen molar-refractivity contribution < 1.29 is 14.7 Å². The van der Waals surface area contributed by atoms with Crippen LogP contribution in [0.5, 0.6) is 0 Å². The lowest BCUT2D eigenvalue weighted by atomic mass is 9.89. The Balaban J connectivity index is 1.95. The van der Waals surface area contributed by atoms with Gasteiger partial charge in [0, 0.05) is 11.3 Å². The zero-order valence-electron chi connectivity index (χ0n) is 9.92. The molecule has 0 spiro atoms. The van der Waals surface area contributed by atoms with Crippen LogP contribution in [0.1, 0.15) is 21.7 Å². The van der Waals surface area contributed by atoms with Crippen LogP contribution in [0.15, 0.2) is 41.8 Å². The molecule has 2 heterocycles. The molecule has 96 valence electrons. The lowest BCUT2D eigenvalue weighted by Crippen LogP contribution is -2.36. The molecule has 2 N–H and O–H groups in total. The Bertz CT molecular complexity index is 650. The molecule has 0 bridgehead atoms. The summed E-state index contributed by atoms with van der Waals surface area (Å²) in [6.45, 7) is 0. The summed E-state index contributed by atoms with van der Waals surface area (Å²) in [6.07, 6.45) is -0.240. The van der Waals surface area contributed by atoms with Crippen LogP contribution in [-0.4, -0.2) is 16.8 Å². The Hall–Kier alpha value is -1.98. The van der Waals surface area contributed by atoms with Gasteiger partial charge >= 0.3 is 0 Å². The zero-order valence-corrected chi connectivity index (χ0v) is 10.7. The number of fused-ring (bicyclic) bond motifs is 1. The maximum Gasteiger partial charge on any atom is 0.261 e. The maximum atomic E-state index is 12.1. The highest BCUT2D eigenvalue weighted by molar-refractivity contribution is 7.12. The molecule has 19 heavy (non-hydrogen) atoms. The van der Waals surface area contributed by atoms with E-state index in [9.17, 15) is 14.7 Å². The van der Waals surface area contributed by atoms with Gasteiger partial charge in [0.05, 0.1) is 11.3 Å². The molecule has 0 aliphatic carbocycles. The summed E-state index contributed by atoms with van der Waals surface area (Å²) in [4.78, 5) is 24.6. The SMILES string of the molecule is O=C(C[C@]1(O)C(=O)Nc2ccccc21)c1cccs1. The van der Waals surface area contributed by atoms with Gasteiger partial charge in [-0.25, -0.2) is 0 Å². The molecule has 4 nitrogen and oxygen atoms in total. The topological polar surface area (TPSA) is 66.4 Å². The van der Waals surface area contributed by atoms with Crippen molar-refractivity contribution in [3.63, 3.8) is 0 Å². The third-order valence-electron chi connectivity index (χ3n) is 3.21. The fourth-order valence-corrected chi connectivity index (χ4v) is 2.90. The van der Waals surface area contributed by atoms with Gasteiger partial charge in [-0.2, -0.15) is 0 Å². The van der Waals surface area contributed by atoms with Gasteiger partial charge in [0.15, 0.2) is 11.4 Å². The number of thiophene rings is 1. The number of aliphatic hydroxyl groups is 1. The largest absolute Gasteiger partial charge is 0.375 e. The molecule has 0 radical (unpaired) electrons. The van der Waals surface area contributed by atoms with E-state index in [-0.39, 0.29) is 12.2 Å². The molecule has 0 saturated carbocycles. The molecule has 1 atom stereocenters. The first-order valence-electron chi connectivity index (χ1n) is 5.81. The molecule has 1 aliphatic rings. The highest BCUT2D eigenvalue weighted by Crippen LogP contribution is 2.38. The van der Waals surface area contributed by atoms with E-state index in [4.69, 9.17) is 0 Å². The summed E-state index contributed by atoms with van der Waals surface area (Å²) in [5.41, 5.74) is -0.739. The predicted octanol–water partition coefficient (Wildman–Crippen LogP) is 2.16. The first-order valence-corrected chi connectivity index (χ1v) is 6.69. The summed E-state index contributed by atoms with van der Waals surface area (Å²) in [6, 6.07) is 10.3. The highest BCUT2D eigenvalue weighted by atomic mass is 32.1. The van der Waals surface area contributed by atoms with Gasteiger partial charge in [0.1, 0.15) is 0 Å². The van der Waals surface area contributed by atoms with Crippen LogP contribution in [-0.2, 0) is 10.4 Å². The minimum Gasteiger partial charge on any atom is -0.375 e. The molecule has 0 saturated heterocycles. The average Bonchev–Trinajstić information content (AvgIpc) is 2.99. The van der Waals surface area contributed by atoms with Gasteiger partial charge in [0.25, 0.3) is 5.91 Å². The number of carbonyl (C=O) groups excluding carboxylic acids is 2. The lowest BCUT2D eigenvalue weighted by Gasteiger charge is -2.19. The van der Waals surface area contributed by atoms with Crippen molar-refractivity contribution in [2.24, 2.45) is 0 Å². The van der Waals surface area contributed by atoms with Crippen molar-refractivity contribution in [3.05, 3.63) is 52.2 Å². The van der Waals surface area contributed by atoms with Crippen LogP contribution >= 0.6 is 11.3 Å². The van der Waals surface area contributed by atoms with E-state index in [0.29, 0.717) is 16.1 Å². The Kier molecular flexibility index (Phi) is 2.73. The van der Waals surface area contributed by atoms with E-state index in [1.165, 1.54) is 11.3 Å². The van der Waals surface area contributed by atoms with Gasteiger partial charge < -0.3 is 10.4 Å². The number of hydrogen-bond acceptors (Lipinski definition) is 4. The minimum atomic E-state index is -1.77. The van der Waals surface area contributed by atoms with Crippen molar-refractivity contribution in [1.29, 1.82) is 0 Å². The van der Waals surface area contributed by atoms with Crippen LogP contribution in [0.4, 0.5) is 5.69 Å². The molecule has 0 fully saturated rings. The second-order valence-electron chi connectivity index (χ2n) is 4.44. The molecule has 1 aromatic heterocycles. The minimum absolute atomic E-state index is 0.232. The second kappa shape index (κ2) is 4.29. The zero-order chi connectivity index (χ0) is 13.5. The van der Waals surface area contributed by atoms with Crippen LogP contribution in [0.2, 0.25) is 0 Å². The van der Waals surface area contributed by atoms with Crippen molar-refractivity contribution in [2.45, 2.75) is 12.0 Å². The normalized spacial score (nSPS) is 21.0. The van der Waals surface area contributed by atoms with E-state index in [1.54, 1.807) is 41.8 Å². The van der Waals surface area contributed by atoms with E-state index >= 15 is 0 Å². The number of anilines is 1. The molecular formula is C14H11NO3S. The van der Waals surface area contributed by atoms with Crippen LogP contribution < -0.4 is 5.32 Å². The monoisotopic (exact) mass is 273 g/mol. The van der Waals surface area contributed by atoms with Gasteiger partial charge in [-0.1, -0.05) is 24.3 Å². The van der Waals surface area contributed by atoms with Crippen molar-refractivity contribution in [3.8, 4) is 0 Å². The molecule has 3 rings (SSSR count).